The average molecular weight is 237 g/mol. The Labute approximate surface area is 104 Å². The summed E-state index contributed by atoms with van der Waals surface area (Å²) in [5.74, 6) is 0.420. The SMILES string of the molecule is CCCNC(c1ccc(F)cc1)C(C)CCC. The second kappa shape index (κ2) is 7.44. The highest BCUT2D eigenvalue weighted by Gasteiger charge is 2.17. The maximum absolute atomic E-state index is 12.9. The molecule has 1 rings (SSSR count). The molecule has 0 radical (unpaired) electrons. The van der Waals surface area contributed by atoms with Gasteiger partial charge in [0.25, 0.3) is 0 Å². The molecule has 0 saturated heterocycles. The summed E-state index contributed by atoms with van der Waals surface area (Å²) < 4.78 is 12.9. The van der Waals surface area contributed by atoms with Crippen LogP contribution in [-0.4, -0.2) is 6.54 Å². The minimum atomic E-state index is -0.161. The Morgan fingerprint density at radius 3 is 2.29 bits per heavy atom. The second-order valence-corrected chi connectivity index (χ2v) is 4.75. The Morgan fingerprint density at radius 2 is 1.76 bits per heavy atom. The predicted molar refractivity (Wildman–Crippen MR) is 71.5 cm³/mol. The normalized spacial score (nSPS) is 14.6. The molecule has 0 aliphatic carbocycles. The summed E-state index contributed by atoms with van der Waals surface area (Å²) in [5, 5.41) is 3.57. The van der Waals surface area contributed by atoms with E-state index in [-0.39, 0.29) is 5.82 Å². The van der Waals surface area contributed by atoms with Crippen molar-refractivity contribution < 1.29 is 4.39 Å². The first kappa shape index (κ1) is 14.2. The number of rotatable bonds is 7. The van der Waals surface area contributed by atoms with Crippen LogP contribution in [0.15, 0.2) is 24.3 Å². The van der Waals surface area contributed by atoms with Crippen molar-refractivity contribution in [3.63, 3.8) is 0 Å². The lowest BCUT2D eigenvalue weighted by molar-refractivity contribution is 0.363. The Hall–Kier alpha value is -0.890. The van der Waals surface area contributed by atoms with Crippen molar-refractivity contribution >= 4 is 0 Å². The van der Waals surface area contributed by atoms with Crippen molar-refractivity contribution in [3.8, 4) is 0 Å². The van der Waals surface area contributed by atoms with Crippen LogP contribution in [0.4, 0.5) is 4.39 Å². The van der Waals surface area contributed by atoms with Crippen molar-refractivity contribution in [1.82, 2.24) is 5.32 Å². The molecule has 0 fully saturated rings. The molecule has 1 aromatic rings. The third-order valence-corrected chi connectivity index (χ3v) is 3.16. The fourth-order valence-corrected chi connectivity index (χ4v) is 2.24. The highest BCUT2D eigenvalue weighted by atomic mass is 19.1. The van der Waals surface area contributed by atoms with Gasteiger partial charge in [-0.1, -0.05) is 39.3 Å². The van der Waals surface area contributed by atoms with Gasteiger partial charge in [0.2, 0.25) is 0 Å². The highest BCUT2D eigenvalue weighted by molar-refractivity contribution is 5.20. The van der Waals surface area contributed by atoms with E-state index in [9.17, 15) is 4.39 Å². The minimum Gasteiger partial charge on any atom is -0.310 e. The summed E-state index contributed by atoms with van der Waals surface area (Å²) in [5.41, 5.74) is 1.20. The van der Waals surface area contributed by atoms with E-state index in [2.05, 4.69) is 26.1 Å². The van der Waals surface area contributed by atoms with Gasteiger partial charge in [0.15, 0.2) is 0 Å². The van der Waals surface area contributed by atoms with E-state index >= 15 is 0 Å². The van der Waals surface area contributed by atoms with Gasteiger partial charge in [0.05, 0.1) is 0 Å². The number of nitrogens with one attached hydrogen (secondary N) is 1. The maximum atomic E-state index is 12.9. The van der Waals surface area contributed by atoms with Crippen molar-refractivity contribution in [2.75, 3.05) is 6.54 Å². The van der Waals surface area contributed by atoms with Gasteiger partial charge in [0.1, 0.15) is 5.82 Å². The molecule has 1 aromatic carbocycles. The molecular formula is C15H24FN. The first-order valence-electron chi connectivity index (χ1n) is 6.67. The number of halogens is 1. The van der Waals surface area contributed by atoms with E-state index in [0.29, 0.717) is 12.0 Å². The summed E-state index contributed by atoms with van der Waals surface area (Å²) >= 11 is 0. The molecule has 0 amide bonds. The summed E-state index contributed by atoms with van der Waals surface area (Å²) in [7, 11) is 0. The lowest BCUT2D eigenvalue weighted by Gasteiger charge is -2.25. The number of hydrogen-bond donors (Lipinski definition) is 1. The number of benzene rings is 1. The molecule has 0 aliphatic rings. The molecule has 1 nitrogen and oxygen atoms in total. The predicted octanol–water partition coefficient (Wildman–Crippen LogP) is 4.30. The maximum Gasteiger partial charge on any atom is 0.123 e. The minimum absolute atomic E-state index is 0.161. The quantitative estimate of drug-likeness (QED) is 0.745. The van der Waals surface area contributed by atoms with Crippen molar-refractivity contribution in [3.05, 3.63) is 35.6 Å². The van der Waals surface area contributed by atoms with Gasteiger partial charge in [-0.3, -0.25) is 0 Å². The zero-order valence-corrected chi connectivity index (χ0v) is 11.2. The van der Waals surface area contributed by atoms with Crippen LogP contribution in [0, 0.1) is 11.7 Å². The largest absolute Gasteiger partial charge is 0.310 e. The van der Waals surface area contributed by atoms with Crippen LogP contribution in [0.2, 0.25) is 0 Å². The smallest absolute Gasteiger partial charge is 0.123 e. The molecule has 2 atom stereocenters. The van der Waals surface area contributed by atoms with Crippen LogP contribution in [0.25, 0.3) is 0 Å². The van der Waals surface area contributed by atoms with Crippen LogP contribution in [0.1, 0.15) is 51.6 Å². The van der Waals surface area contributed by atoms with Gasteiger partial charge in [-0.25, -0.2) is 4.39 Å². The molecule has 0 spiro atoms. The molecule has 1 N–H and O–H groups in total. The van der Waals surface area contributed by atoms with E-state index in [0.717, 1.165) is 13.0 Å². The Kier molecular flexibility index (Phi) is 6.20. The topological polar surface area (TPSA) is 12.0 Å². The lowest BCUT2D eigenvalue weighted by Crippen LogP contribution is -2.27. The van der Waals surface area contributed by atoms with Gasteiger partial charge >= 0.3 is 0 Å². The zero-order chi connectivity index (χ0) is 12.7. The zero-order valence-electron chi connectivity index (χ0n) is 11.2. The van der Waals surface area contributed by atoms with E-state index in [1.165, 1.54) is 18.4 Å². The van der Waals surface area contributed by atoms with Crippen LogP contribution in [-0.2, 0) is 0 Å². The summed E-state index contributed by atoms with van der Waals surface area (Å²) in [6.07, 6.45) is 3.50. The average Bonchev–Trinajstić information content (AvgIpc) is 2.32. The molecule has 0 aliphatic heterocycles. The molecule has 2 heteroatoms. The number of hydrogen-bond acceptors (Lipinski definition) is 1. The van der Waals surface area contributed by atoms with Crippen LogP contribution >= 0.6 is 0 Å². The van der Waals surface area contributed by atoms with Gasteiger partial charge in [-0.05, 0) is 43.0 Å². The first-order chi connectivity index (χ1) is 8.19. The molecule has 0 aromatic heterocycles. The van der Waals surface area contributed by atoms with Gasteiger partial charge in [-0.2, -0.15) is 0 Å². The van der Waals surface area contributed by atoms with E-state index in [4.69, 9.17) is 0 Å². The van der Waals surface area contributed by atoms with Gasteiger partial charge in [0, 0.05) is 6.04 Å². The molecular weight excluding hydrogens is 213 g/mol. The standard InChI is InChI=1S/C15H24FN/c1-4-6-12(3)15(17-11-5-2)13-7-9-14(16)10-8-13/h7-10,12,15,17H,4-6,11H2,1-3H3. The molecule has 96 valence electrons. The summed E-state index contributed by atoms with van der Waals surface area (Å²) in [4.78, 5) is 0. The van der Waals surface area contributed by atoms with E-state index in [1.807, 2.05) is 12.1 Å². The molecule has 17 heavy (non-hydrogen) atoms. The third kappa shape index (κ3) is 4.47. The molecule has 0 saturated carbocycles. The Bertz CT molecular complexity index is 307. The molecule has 2 unspecified atom stereocenters. The highest BCUT2D eigenvalue weighted by Crippen LogP contribution is 2.25. The Balaban J connectivity index is 2.77. The summed E-state index contributed by atoms with van der Waals surface area (Å²) in [6, 6.07) is 7.24. The lowest BCUT2D eigenvalue weighted by atomic mass is 9.91. The van der Waals surface area contributed by atoms with Gasteiger partial charge < -0.3 is 5.32 Å². The van der Waals surface area contributed by atoms with E-state index in [1.54, 1.807) is 12.1 Å². The second-order valence-electron chi connectivity index (χ2n) is 4.75. The van der Waals surface area contributed by atoms with Crippen LogP contribution in [0.3, 0.4) is 0 Å². The summed E-state index contributed by atoms with van der Waals surface area (Å²) in [6.45, 7) is 7.65. The first-order valence-corrected chi connectivity index (χ1v) is 6.67. The van der Waals surface area contributed by atoms with Crippen molar-refractivity contribution in [2.45, 2.75) is 46.1 Å². The van der Waals surface area contributed by atoms with Crippen LogP contribution < -0.4 is 5.32 Å². The molecule has 0 heterocycles. The Morgan fingerprint density at radius 1 is 1.12 bits per heavy atom. The monoisotopic (exact) mass is 237 g/mol. The van der Waals surface area contributed by atoms with Crippen molar-refractivity contribution in [1.29, 1.82) is 0 Å². The van der Waals surface area contributed by atoms with Gasteiger partial charge in [-0.15, -0.1) is 0 Å². The van der Waals surface area contributed by atoms with E-state index < -0.39 is 0 Å². The fraction of sp³-hybridized carbons (Fsp3) is 0.600. The fourth-order valence-electron chi connectivity index (χ4n) is 2.24. The molecule has 0 bridgehead atoms. The third-order valence-electron chi connectivity index (χ3n) is 3.16. The van der Waals surface area contributed by atoms with Crippen molar-refractivity contribution in [2.24, 2.45) is 5.92 Å². The van der Waals surface area contributed by atoms with Crippen LogP contribution in [0.5, 0.6) is 0 Å².